The Balaban J connectivity index is 1.93. The lowest BCUT2D eigenvalue weighted by atomic mass is 10.2. The van der Waals surface area contributed by atoms with Gasteiger partial charge in [0.25, 0.3) is 0 Å². The molecule has 134 valence electrons. The number of carbonyl (C=O) groups excluding carboxylic acids is 1. The summed E-state index contributed by atoms with van der Waals surface area (Å²) in [6.45, 7) is 0.952. The van der Waals surface area contributed by atoms with E-state index in [9.17, 15) is 13.2 Å². The first-order valence-electron chi connectivity index (χ1n) is 7.58. The standard InChI is InChI=1S/C17H20N2O5S/c1-23-12-10-18-17(20)9-6-14-4-7-16(8-5-14)25(21,22)19-13-15-3-2-11-24-15/h2-9,11,19H,10,12-13H2,1H3,(H,18,20)/b9-6+. The van der Waals surface area contributed by atoms with E-state index in [1.165, 1.54) is 24.5 Å². The zero-order chi connectivity index (χ0) is 18.1. The van der Waals surface area contributed by atoms with Crippen LogP contribution >= 0.6 is 0 Å². The maximum absolute atomic E-state index is 12.2. The fourth-order valence-corrected chi connectivity index (χ4v) is 2.92. The van der Waals surface area contributed by atoms with Gasteiger partial charge in [-0.05, 0) is 35.9 Å². The van der Waals surface area contributed by atoms with Gasteiger partial charge in [0.15, 0.2) is 0 Å². The van der Waals surface area contributed by atoms with E-state index in [1.54, 1.807) is 37.5 Å². The van der Waals surface area contributed by atoms with Crippen LogP contribution in [-0.2, 0) is 26.1 Å². The summed E-state index contributed by atoms with van der Waals surface area (Å²) >= 11 is 0. The number of ether oxygens (including phenoxy) is 1. The van der Waals surface area contributed by atoms with Crippen LogP contribution in [0.3, 0.4) is 0 Å². The Morgan fingerprint density at radius 2 is 2.00 bits per heavy atom. The number of hydrogen-bond acceptors (Lipinski definition) is 5. The van der Waals surface area contributed by atoms with E-state index in [0.717, 1.165) is 0 Å². The molecule has 1 aromatic carbocycles. The second-order valence-corrected chi connectivity index (χ2v) is 6.86. The highest BCUT2D eigenvalue weighted by Gasteiger charge is 2.13. The molecule has 0 spiro atoms. The van der Waals surface area contributed by atoms with E-state index in [1.807, 2.05) is 0 Å². The summed E-state index contributed by atoms with van der Waals surface area (Å²) in [5, 5.41) is 2.65. The summed E-state index contributed by atoms with van der Waals surface area (Å²) in [6, 6.07) is 9.59. The Hall–Kier alpha value is -2.42. The predicted molar refractivity (Wildman–Crippen MR) is 93.1 cm³/mol. The van der Waals surface area contributed by atoms with Crippen molar-refractivity contribution in [1.82, 2.24) is 10.0 Å². The molecule has 0 radical (unpaired) electrons. The van der Waals surface area contributed by atoms with Gasteiger partial charge in [0.05, 0.1) is 24.3 Å². The van der Waals surface area contributed by atoms with Crippen molar-refractivity contribution < 1.29 is 22.4 Å². The smallest absolute Gasteiger partial charge is 0.244 e. The Labute approximate surface area is 146 Å². The van der Waals surface area contributed by atoms with Gasteiger partial charge in [0.1, 0.15) is 5.76 Å². The average Bonchev–Trinajstić information content (AvgIpc) is 3.12. The monoisotopic (exact) mass is 364 g/mol. The van der Waals surface area contributed by atoms with Crippen LogP contribution in [0.5, 0.6) is 0 Å². The summed E-state index contributed by atoms with van der Waals surface area (Å²) < 4.78 is 36.8. The van der Waals surface area contributed by atoms with Crippen LogP contribution in [0.1, 0.15) is 11.3 Å². The summed E-state index contributed by atoms with van der Waals surface area (Å²) in [5.41, 5.74) is 0.715. The van der Waals surface area contributed by atoms with Gasteiger partial charge in [-0.15, -0.1) is 0 Å². The number of methoxy groups -OCH3 is 1. The van der Waals surface area contributed by atoms with Gasteiger partial charge in [-0.1, -0.05) is 12.1 Å². The fourth-order valence-electron chi connectivity index (χ4n) is 1.93. The van der Waals surface area contributed by atoms with Crippen LogP contribution in [0, 0.1) is 0 Å². The van der Waals surface area contributed by atoms with Gasteiger partial charge in [0.2, 0.25) is 15.9 Å². The van der Waals surface area contributed by atoms with Gasteiger partial charge < -0.3 is 14.5 Å². The number of benzene rings is 1. The minimum Gasteiger partial charge on any atom is -0.468 e. The first kappa shape index (κ1) is 18.9. The molecule has 1 aromatic heterocycles. The number of amides is 1. The third-order valence-corrected chi connectivity index (χ3v) is 4.66. The molecule has 1 amide bonds. The number of rotatable bonds is 9. The summed E-state index contributed by atoms with van der Waals surface area (Å²) in [6.07, 6.45) is 4.47. The minimum absolute atomic E-state index is 0.0820. The van der Waals surface area contributed by atoms with Crippen molar-refractivity contribution in [3.8, 4) is 0 Å². The molecule has 0 atom stereocenters. The first-order valence-corrected chi connectivity index (χ1v) is 9.06. The van der Waals surface area contributed by atoms with Crippen LogP contribution < -0.4 is 10.0 Å². The van der Waals surface area contributed by atoms with Crippen LogP contribution in [0.15, 0.2) is 58.1 Å². The highest BCUT2D eigenvalue weighted by atomic mass is 32.2. The molecule has 2 N–H and O–H groups in total. The van der Waals surface area contributed by atoms with Crippen LogP contribution in [-0.4, -0.2) is 34.6 Å². The topological polar surface area (TPSA) is 97.6 Å². The van der Waals surface area contributed by atoms with E-state index in [2.05, 4.69) is 10.0 Å². The first-order chi connectivity index (χ1) is 12.0. The lowest BCUT2D eigenvalue weighted by Crippen LogP contribution is -2.24. The third kappa shape index (κ3) is 6.18. The Morgan fingerprint density at radius 1 is 1.24 bits per heavy atom. The lowest BCUT2D eigenvalue weighted by Gasteiger charge is -2.05. The summed E-state index contributed by atoms with van der Waals surface area (Å²) in [7, 11) is -2.07. The Kier molecular flexibility index (Phi) is 6.93. The number of nitrogens with one attached hydrogen (secondary N) is 2. The predicted octanol–water partition coefficient (Wildman–Crippen LogP) is 1.53. The summed E-state index contributed by atoms with van der Waals surface area (Å²) in [4.78, 5) is 11.7. The molecule has 0 aliphatic rings. The van der Waals surface area contributed by atoms with Crippen LogP contribution in [0.4, 0.5) is 0 Å². The van der Waals surface area contributed by atoms with Gasteiger partial charge in [-0.25, -0.2) is 13.1 Å². The molecular weight excluding hydrogens is 344 g/mol. The third-order valence-electron chi connectivity index (χ3n) is 3.24. The van der Waals surface area contributed by atoms with Gasteiger partial charge in [-0.2, -0.15) is 0 Å². The summed E-state index contributed by atoms with van der Waals surface area (Å²) in [5.74, 6) is 0.288. The molecule has 0 saturated carbocycles. The quantitative estimate of drug-likeness (QED) is 0.519. The fraction of sp³-hybridized carbons (Fsp3) is 0.235. The van der Waals surface area contributed by atoms with Gasteiger partial charge in [-0.3, -0.25) is 4.79 Å². The van der Waals surface area contributed by atoms with Gasteiger partial charge >= 0.3 is 0 Å². The van der Waals surface area contributed by atoms with Crippen molar-refractivity contribution in [2.24, 2.45) is 0 Å². The second-order valence-electron chi connectivity index (χ2n) is 5.09. The lowest BCUT2D eigenvalue weighted by molar-refractivity contribution is -0.116. The molecule has 2 aromatic rings. The molecule has 2 rings (SSSR count). The molecular formula is C17H20N2O5S. The molecule has 8 heteroatoms. The van der Waals surface area contributed by atoms with Crippen molar-refractivity contribution in [3.05, 3.63) is 60.1 Å². The van der Waals surface area contributed by atoms with Crippen molar-refractivity contribution in [2.75, 3.05) is 20.3 Å². The molecule has 7 nitrogen and oxygen atoms in total. The SMILES string of the molecule is COCCNC(=O)/C=C/c1ccc(S(=O)(=O)NCc2ccco2)cc1. The van der Waals surface area contributed by atoms with E-state index in [0.29, 0.717) is 24.5 Å². The second kappa shape index (κ2) is 9.16. The molecule has 0 bridgehead atoms. The molecule has 1 heterocycles. The minimum atomic E-state index is -3.63. The largest absolute Gasteiger partial charge is 0.468 e. The number of hydrogen-bond donors (Lipinski definition) is 2. The number of carbonyl (C=O) groups is 1. The molecule has 25 heavy (non-hydrogen) atoms. The van der Waals surface area contributed by atoms with Crippen molar-refractivity contribution >= 4 is 22.0 Å². The maximum Gasteiger partial charge on any atom is 0.244 e. The van der Waals surface area contributed by atoms with Crippen molar-refractivity contribution in [1.29, 1.82) is 0 Å². The van der Waals surface area contributed by atoms with Crippen LogP contribution in [0.25, 0.3) is 6.08 Å². The van der Waals surface area contributed by atoms with E-state index in [-0.39, 0.29) is 17.3 Å². The Morgan fingerprint density at radius 3 is 2.64 bits per heavy atom. The normalized spacial score (nSPS) is 11.7. The molecule has 0 saturated heterocycles. The van der Waals surface area contributed by atoms with E-state index < -0.39 is 10.0 Å². The zero-order valence-electron chi connectivity index (χ0n) is 13.8. The Bertz CT molecular complexity index is 796. The van der Waals surface area contributed by atoms with Crippen molar-refractivity contribution in [2.45, 2.75) is 11.4 Å². The van der Waals surface area contributed by atoms with E-state index in [4.69, 9.17) is 9.15 Å². The van der Waals surface area contributed by atoms with Crippen LogP contribution in [0.2, 0.25) is 0 Å². The van der Waals surface area contributed by atoms with E-state index >= 15 is 0 Å². The zero-order valence-corrected chi connectivity index (χ0v) is 14.6. The number of furan rings is 1. The van der Waals surface area contributed by atoms with Gasteiger partial charge in [0, 0.05) is 19.7 Å². The highest BCUT2D eigenvalue weighted by Crippen LogP contribution is 2.12. The molecule has 0 aliphatic carbocycles. The molecule has 0 unspecified atom stereocenters. The average molecular weight is 364 g/mol. The van der Waals surface area contributed by atoms with Crippen molar-refractivity contribution in [3.63, 3.8) is 0 Å². The molecule has 0 aliphatic heterocycles. The number of sulfonamides is 1. The highest BCUT2D eigenvalue weighted by molar-refractivity contribution is 7.89. The molecule has 0 fully saturated rings. The maximum atomic E-state index is 12.2.